The summed E-state index contributed by atoms with van der Waals surface area (Å²) in [4.78, 5) is 10.3. The third kappa shape index (κ3) is 2.66. The fourth-order valence-electron chi connectivity index (χ4n) is 1.70. The second kappa shape index (κ2) is 4.88. The Balaban J connectivity index is 1.83. The summed E-state index contributed by atoms with van der Waals surface area (Å²) in [6.45, 7) is 0.289. The number of unbranched alkanes of at least 4 members (excludes halogenated alkanes) is 1. The SMILES string of the molecule is O=C(O)CCCCc1ccc2c(c1)OCO2. The van der Waals surface area contributed by atoms with Crippen LogP contribution in [0.2, 0.25) is 0 Å². The van der Waals surface area contributed by atoms with Crippen molar-refractivity contribution in [3.05, 3.63) is 23.8 Å². The van der Waals surface area contributed by atoms with Gasteiger partial charge in [0.15, 0.2) is 11.5 Å². The van der Waals surface area contributed by atoms with E-state index in [4.69, 9.17) is 14.6 Å². The Morgan fingerprint density at radius 3 is 2.88 bits per heavy atom. The summed E-state index contributed by atoms with van der Waals surface area (Å²) < 4.78 is 10.5. The molecule has 1 heterocycles. The third-order valence-electron chi connectivity index (χ3n) is 2.54. The van der Waals surface area contributed by atoms with Crippen molar-refractivity contribution >= 4 is 5.97 Å². The molecule has 0 aromatic heterocycles. The third-order valence-corrected chi connectivity index (χ3v) is 2.54. The quantitative estimate of drug-likeness (QED) is 0.776. The number of carbonyl (C=O) groups is 1. The second-order valence-electron chi connectivity index (χ2n) is 3.79. The van der Waals surface area contributed by atoms with E-state index < -0.39 is 5.97 Å². The highest BCUT2D eigenvalue weighted by atomic mass is 16.7. The number of fused-ring (bicyclic) bond motifs is 1. The van der Waals surface area contributed by atoms with Crippen LogP contribution in [-0.4, -0.2) is 17.9 Å². The number of aliphatic carboxylic acids is 1. The lowest BCUT2D eigenvalue weighted by Crippen LogP contribution is -1.95. The Labute approximate surface area is 93.8 Å². The Morgan fingerprint density at radius 2 is 2.06 bits per heavy atom. The molecule has 0 aliphatic carbocycles. The lowest BCUT2D eigenvalue weighted by Gasteiger charge is -2.02. The molecule has 2 rings (SSSR count). The minimum Gasteiger partial charge on any atom is -0.481 e. The number of rotatable bonds is 5. The Hall–Kier alpha value is -1.71. The molecule has 0 spiro atoms. The second-order valence-corrected chi connectivity index (χ2v) is 3.79. The molecular weight excluding hydrogens is 208 g/mol. The van der Waals surface area contributed by atoms with Gasteiger partial charge < -0.3 is 14.6 Å². The molecule has 0 radical (unpaired) electrons. The lowest BCUT2D eigenvalue weighted by molar-refractivity contribution is -0.137. The van der Waals surface area contributed by atoms with Crippen molar-refractivity contribution in [3.8, 4) is 11.5 Å². The molecule has 0 fully saturated rings. The first kappa shape index (κ1) is 10.8. The minimum atomic E-state index is -0.731. The zero-order valence-corrected chi connectivity index (χ0v) is 8.94. The summed E-state index contributed by atoms with van der Waals surface area (Å²) in [7, 11) is 0. The highest BCUT2D eigenvalue weighted by Gasteiger charge is 2.12. The minimum absolute atomic E-state index is 0.241. The molecular formula is C12H14O4. The summed E-state index contributed by atoms with van der Waals surface area (Å²) >= 11 is 0. The summed E-state index contributed by atoms with van der Waals surface area (Å²) in [6, 6.07) is 5.85. The van der Waals surface area contributed by atoms with Gasteiger partial charge in [-0.05, 0) is 37.0 Å². The molecule has 86 valence electrons. The van der Waals surface area contributed by atoms with E-state index >= 15 is 0 Å². The first-order valence-corrected chi connectivity index (χ1v) is 5.36. The molecule has 0 amide bonds. The largest absolute Gasteiger partial charge is 0.481 e. The molecule has 1 aliphatic heterocycles. The molecule has 0 bridgehead atoms. The fraction of sp³-hybridized carbons (Fsp3) is 0.417. The van der Waals surface area contributed by atoms with Gasteiger partial charge in [0.1, 0.15) is 0 Å². The zero-order chi connectivity index (χ0) is 11.4. The van der Waals surface area contributed by atoms with Gasteiger partial charge >= 0.3 is 5.97 Å². The van der Waals surface area contributed by atoms with Crippen molar-refractivity contribution in [3.63, 3.8) is 0 Å². The molecule has 4 heteroatoms. The maximum absolute atomic E-state index is 10.3. The maximum atomic E-state index is 10.3. The summed E-state index contributed by atoms with van der Waals surface area (Å²) in [5.41, 5.74) is 1.16. The first-order chi connectivity index (χ1) is 7.75. The van der Waals surface area contributed by atoms with E-state index in [2.05, 4.69) is 0 Å². The van der Waals surface area contributed by atoms with Crippen molar-refractivity contribution in [2.24, 2.45) is 0 Å². The van der Waals surface area contributed by atoms with Crippen molar-refractivity contribution in [1.82, 2.24) is 0 Å². The van der Waals surface area contributed by atoms with Crippen LogP contribution in [0.5, 0.6) is 11.5 Å². The molecule has 1 N–H and O–H groups in total. The average Bonchev–Trinajstić information content (AvgIpc) is 2.71. The molecule has 4 nitrogen and oxygen atoms in total. The lowest BCUT2D eigenvalue weighted by atomic mass is 10.1. The van der Waals surface area contributed by atoms with Gasteiger partial charge in [0.2, 0.25) is 6.79 Å². The van der Waals surface area contributed by atoms with Crippen LogP contribution in [0.25, 0.3) is 0 Å². The fourth-order valence-corrected chi connectivity index (χ4v) is 1.70. The van der Waals surface area contributed by atoms with E-state index in [0.717, 1.165) is 29.9 Å². The van der Waals surface area contributed by atoms with Gasteiger partial charge in [0, 0.05) is 6.42 Å². The van der Waals surface area contributed by atoms with Crippen LogP contribution < -0.4 is 9.47 Å². The maximum Gasteiger partial charge on any atom is 0.303 e. The van der Waals surface area contributed by atoms with Crippen LogP contribution in [0.15, 0.2) is 18.2 Å². The zero-order valence-electron chi connectivity index (χ0n) is 8.94. The molecule has 0 saturated carbocycles. The van der Waals surface area contributed by atoms with Crippen LogP contribution >= 0.6 is 0 Å². The Morgan fingerprint density at radius 1 is 1.25 bits per heavy atom. The molecule has 1 aromatic carbocycles. The number of ether oxygens (including phenoxy) is 2. The average molecular weight is 222 g/mol. The monoisotopic (exact) mass is 222 g/mol. The molecule has 1 aliphatic rings. The van der Waals surface area contributed by atoms with Gasteiger partial charge in [-0.3, -0.25) is 4.79 Å². The molecule has 0 atom stereocenters. The van der Waals surface area contributed by atoms with Crippen LogP contribution in [0, 0.1) is 0 Å². The van der Waals surface area contributed by atoms with Crippen molar-refractivity contribution in [1.29, 1.82) is 0 Å². The van der Waals surface area contributed by atoms with E-state index in [9.17, 15) is 4.79 Å². The van der Waals surface area contributed by atoms with Gasteiger partial charge in [-0.2, -0.15) is 0 Å². The van der Waals surface area contributed by atoms with Crippen molar-refractivity contribution < 1.29 is 19.4 Å². The highest BCUT2D eigenvalue weighted by molar-refractivity contribution is 5.66. The number of aryl methyl sites for hydroxylation is 1. The molecule has 1 aromatic rings. The number of carboxylic acids is 1. The van der Waals surface area contributed by atoms with Gasteiger partial charge in [0.25, 0.3) is 0 Å². The molecule has 16 heavy (non-hydrogen) atoms. The van der Waals surface area contributed by atoms with Gasteiger partial charge in [-0.1, -0.05) is 6.07 Å². The van der Waals surface area contributed by atoms with Crippen LogP contribution in [0.3, 0.4) is 0 Å². The van der Waals surface area contributed by atoms with E-state index in [1.807, 2.05) is 18.2 Å². The first-order valence-electron chi connectivity index (χ1n) is 5.36. The number of benzene rings is 1. The Kier molecular flexibility index (Phi) is 3.29. The normalized spacial score (nSPS) is 12.8. The topological polar surface area (TPSA) is 55.8 Å². The predicted octanol–water partition coefficient (Wildman–Crippen LogP) is 2.21. The number of carboxylic acid groups (broad SMARTS) is 1. The smallest absolute Gasteiger partial charge is 0.303 e. The van der Waals surface area contributed by atoms with E-state index in [1.54, 1.807) is 0 Å². The van der Waals surface area contributed by atoms with Crippen LogP contribution in [0.1, 0.15) is 24.8 Å². The molecule has 0 saturated heterocycles. The van der Waals surface area contributed by atoms with Gasteiger partial charge in [-0.25, -0.2) is 0 Å². The highest BCUT2D eigenvalue weighted by Crippen LogP contribution is 2.32. The van der Waals surface area contributed by atoms with E-state index in [1.165, 1.54) is 0 Å². The summed E-state index contributed by atoms with van der Waals surface area (Å²) in [6.07, 6.45) is 2.71. The Bertz CT molecular complexity index is 387. The van der Waals surface area contributed by atoms with Crippen molar-refractivity contribution in [2.45, 2.75) is 25.7 Å². The van der Waals surface area contributed by atoms with Crippen LogP contribution in [0.4, 0.5) is 0 Å². The van der Waals surface area contributed by atoms with Gasteiger partial charge in [-0.15, -0.1) is 0 Å². The summed E-state index contributed by atoms with van der Waals surface area (Å²) in [5.74, 6) is 0.843. The van der Waals surface area contributed by atoms with Gasteiger partial charge in [0.05, 0.1) is 0 Å². The standard InChI is InChI=1S/C12H14O4/c13-12(14)4-2-1-3-9-5-6-10-11(7-9)16-8-15-10/h5-7H,1-4,8H2,(H,13,14). The van der Waals surface area contributed by atoms with E-state index in [-0.39, 0.29) is 13.2 Å². The van der Waals surface area contributed by atoms with Crippen LogP contribution in [-0.2, 0) is 11.2 Å². The summed E-state index contributed by atoms with van der Waals surface area (Å²) in [5, 5.41) is 8.50. The predicted molar refractivity (Wildman–Crippen MR) is 57.8 cm³/mol. The van der Waals surface area contributed by atoms with Crippen molar-refractivity contribution in [2.75, 3.05) is 6.79 Å². The molecule has 0 unspecified atom stereocenters. The van der Waals surface area contributed by atoms with E-state index in [0.29, 0.717) is 6.42 Å². The number of hydrogen-bond acceptors (Lipinski definition) is 3. The number of hydrogen-bond donors (Lipinski definition) is 1.